The quantitative estimate of drug-likeness (QED) is 0.774. The van der Waals surface area contributed by atoms with Crippen molar-refractivity contribution >= 4 is 38.3 Å². The molecule has 0 aliphatic heterocycles. The van der Waals surface area contributed by atoms with Crippen LogP contribution in [-0.4, -0.2) is 14.2 Å². The summed E-state index contributed by atoms with van der Waals surface area (Å²) >= 11 is 2.16. The van der Waals surface area contributed by atoms with Crippen molar-refractivity contribution in [3.8, 4) is 0 Å². The van der Waals surface area contributed by atoms with Crippen LogP contribution in [0.4, 0.5) is 5.69 Å². The number of benzene rings is 2. The molecule has 0 aliphatic rings. The fourth-order valence-electron chi connectivity index (χ4n) is 1.98. The van der Waals surface area contributed by atoms with Gasteiger partial charge in [-0.2, -0.15) is 0 Å². The molecule has 0 aliphatic carbocycles. The van der Waals surface area contributed by atoms with Crippen molar-refractivity contribution in [2.75, 3.05) is 10.5 Å². The van der Waals surface area contributed by atoms with E-state index in [4.69, 9.17) is 0 Å². The summed E-state index contributed by atoms with van der Waals surface area (Å²) < 4.78 is 28.0. The Balaban J connectivity index is 2.08. The summed E-state index contributed by atoms with van der Waals surface area (Å²) in [5.41, 5.74) is 1.64. The first-order valence-corrected chi connectivity index (χ1v) is 9.00. The third kappa shape index (κ3) is 4.49. The molecule has 1 atom stereocenters. The number of sulfonamides is 1. The molecule has 0 amide bonds. The Bertz CT molecular complexity index is 671. The van der Waals surface area contributed by atoms with Gasteiger partial charge in [0.1, 0.15) is 0 Å². The maximum atomic E-state index is 12.2. The Morgan fingerprint density at radius 3 is 2.45 bits per heavy atom. The van der Waals surface area contributed by atoms with Crippen molar-refractivity contribution in [1.82, 2.24) is 0 Å². The first kappa shape index (κ1) is 15.3. The highest BCUT2D eigenvalue weighted by molar-refractivity contribution is 14.1. The summed E-state index contributed by atoms with van der Waals surface area (Å²) in [6, 6.07) is 17.0. The molecular formula is C15H16INO2S. The van der Waals surface area contributed by atoms with Crippen molar-refractivity contribution in [1.29, 1.82) is 0 Å². The highest BCUT2D eigenvalue weighted by Gasteiger charge is 2.17. The molecule has 0 saturated carbocycles. The van der Waals surface area contributed by atoms with E-state index in [1.54, 1.807) is 6.07 Å². The third-order valence-electron chi connectivity index (χ3n) is 2.94. The van der Waals surface area contributed by atoms with Crippen molar-refractivity contribution in [3.63, 3.8) is 0 Å². The molecule has 0 spiro atoms. The maximum absolute atomic E-state index is 12.2. The smallest absolute Gasteiger partial charge is 0.233 e. The third-order valence-corrected chi connectivity index (χ3v) is 5.09. The lowest BCUT2D eigenvalue weighted by Gasteiger charge is -2.14. The number of nitrogens with one attached hydrogen (secondary N) is 1. The Hall–Kier alpha value is -1.08. The molecule has 3 nitrogen and oxygen atoms in total. The van der Waals surface area contributed by atoms with Gasteiger partial charge in [0.05, 0.1) is 5.75 Å². The second-order valence-electron chi connectivity index (χ2n) is 4.71. The van der Waals surface area contributed by atoms with Gasteiger partial charge in [0.2, 0.25) is 10.0 Å². The monoisotopic (exact) mass is 401 g/mol. The first-order chi connectivity index (χ1) is 9.46. The standard InChI is InChI=1S/C15H16INO2S/c1-12(13-6-3-2-4-7-13)11-20(18,19)17-15-9-5-8-14(16)10-15/h2-10,12,17H,11H2,1H3. The summed E-state index contributed by atoms with van der Waals surface area (Å²) in [6.07, 6.45) is 0. The van der Waals surface area contributed by atoms with E-state index in [0.717, 1.165) is 9.13 Å². The fourth-order valence-corrected chi connectivity index (χ4v) is 3.94. The molecule has 0 fully saturated rings. The first-order valence-electron chi connectivity index (χ1n) is 6.27. The summed E-state index contributed by atoms with van der Waals surface area (Å²) in [4.78, 5) is 0. The molecule has 0 radical (unpaired) electrons. The van der Waals surface area contributed by atoms with E-state index in [2.05, 4.69) is 27.3 Å². The average molecular weight is 401 g/mol. The second-order valence-corrected chi connectivity index (χ2v) is 7.72. The lowest BCUT2D eigenvalue weighted by molar-refractivity contribution is 0.595. The number of halogens is 1. The van der Waals surface area contributed by atoms with Crippen LogP contribution >= 0.6 is 22.6 Å². The topological polar surface area (TPSA) is 46.2 Å². The number of hydrogen-bond acceptors (Lipinski definition) is 2. The van der Waals surface area contributed by atoms with Crippen LogP contribution in [0.5, 0.6) is 0 Å². The van der Waals surface area contributed by atoms with Gasteiger partial charge in [-0.05, 0) is 52.3 Å². The molecule has 2 rings (SSSR count). The summed E-state index contributed by atoms with van der Waals surface area (Å²) in [5.74, 6) is 0.0270. The van der Waals surface area contributed by atoms with Crippen LogP contribution < -0.4 is 4.72 Å². The van der Waals surface area contributed by atoms with E-state index in [1.807, 2.05) is 55.5 Å². The molecular weight excluding hydrogens is 385 g/mol. The van der Waals surface area contributed by atoms with Gasteiger partial charge in [0.25, 0.3) is 0 Å². The van der Waals surface area contributed by atoms with Gasteiger partial charge in [0.15, 0.2) is 0 Å². The Morgan fingerprint density at radius 1 is 1.10 bits per heavy atom. The zero-order valence-corrected chi connectivity index (χ0v) is 14.1. The number of hydrogen-bond donors (Lipinski definition) is 1. The van der Waals surface area contributed by atoms with Gasteiger partial charge in [-0.3, -0.25) is 4.72 Å². The predicted molar refractivity (Wildman–Crippen MR) is 91.4 cm³/mol. The predicted octanol–water partition coefficient (Wildman–Crippen LogP) is 3.84. The minimum atomic E-state index is -3.35. The molecule has 2 aromatic carbocycles. The van der Waals surface area contributed by atoms with Crippen LogP contribution in [0.2, 0.25) is 0 Å². The maximum Gasteiger partial charge on any atom is 0.233 e. The SMILES string of the molecule is CC(CS(=O)(=O)Nc1cccc(I)c1)c1ccccc1. The van der Waals surface area contributed by atoms with Crippen molar-refractivity contribution in [3.05, 3.63) is 63.7 Å². The van der Waals surface area contributed by atoms with Gasteiger partial charge in [-0.25, -0.2) is 8.42 Å². The van der Waals surface area contributed by atoms with Crippen LogP contribution in [0, 0.1) is 3.57 Å². The van der Waals surface area contributed by atoms with Gasteiger partial charge in [0, 0.05) is 9.26 Å². The number of anilines is 1. The molecule has 1 unspecified atom stereocenters. The summed E-state index contributed by atoms with van der Waals surface area (Å²) in [7, 11) is -3.35. The largest absolute Gasteiger partial charge is 0.284 e. The Labute approximate surface area is 133 Å². The molecule has 0 heterocycles. The molecule has 106 valence electrons. The molecule has 20 heavy (non-hydrogen) atoms. The van der Waals surface area contributed by atoms with Crippen molar-refractivity contribution in [2.45, 2.75) is 12.8 Å². The Kier molecular flexibility index (Phi) is 5.04. The normalized spacial score (nSPS) is 12.9. The molecule has 5 heteroatoms. The zero-order valence-electron chi connectivity index (χ0n) is 11.1. The van der Waals surface area contributed by atoms with Gasteiger partial charge in [-0.15, -0.1) is 0 Å². The summed E-state index contributed by atoms with van der Waals surface area (Å²) in [5, 5.41) is 0. The van der Waals surface area contributed by atoms with E-state index in [9.17, 15) is 8.42 Å². The van der Waals surface area contributed by atoms with E-state index in [1.165, 1.54) is 0 Å². The zero-order chi connectivity index (χ0) is 14.6. The number of rotatable bonds is 5. The lowest BCUT2D eigenvalue weighted by atomic mass is 10.0. The Morgan fingerprint density at radius 2 is 1.80 bits per heavy atom. The van der Waals surface area contributed by atoms with Crippen LogP contribution in [0.15, 0.2) is 54.6 Å². The minimum Gasteiger partial charge on any atom is -0.284 e. The molecule has 2 aromatic rings. The van der Waals surface area contributed by atoms with Crippen LogP contribution in [-0.2, 0) is 10.0 Å². The molecule has 0 saturated heterocycles. The van der Waals surface area contributed by atoms with E-state index in [0.29, 0.717) is 5.69 Å². The van der Waals surface area contributed by atoms with Gasteiger partial charge in [-0.1, -0.05) is 43.3 Å². The highest BCUT2D eigenvalue weighted by atomic mass is 127. The average Bonchev–Trinajstić information content (AvgIpc) is 2.38. The van der Waals surface area contributed by atoms with Gasteiger partial charge < -0.3 is 0 Å². The minimum absolute atomic E-state index is 0.0449. The van der Waals surface area contributed by atoms with Crippen LogP contribution in [0.3, 0.4) is 0 Å². The van der Waals surface area contributed by atoms with Crippen LogP contribution in [0.1, 0.15) is 18.4 Å². The van der Waals surface area contributed by atoms with E-state index >= 15 is 0 Å². The molecule has 0 aromatic heterocycles. The van der Waals surface area contributed by atoms with Crippen LogP contribution in [0.25, 0.3) is 0 Å². The van der Waals surface area contributed by atoms with Gasteiger partial charge >= 0.3 is 0 Å². The van der Waals surface area contributed by atoms with Crippen molar-refractivity contribution in [2.24, 2.45) is 0 Å². The van der Waals surface area contributed by atoms with Crippen molar-refractivity contribution < 1.29 is 8.42 Å². The molecule has 0 bridgehead atoms. The lowest BCUT2D eigenvalue weighted by Crippen LogP contribution is -2.20. The summed E-state index contributed by atoms with van der Waals surface area (Å²) in [6.45, 7) is 1.92. The molecule has 1 N–H and O–H groups in total. The highest BCUT2D eigenvalue weighted by Crippen LogP contribution is 2.19. The van der Waals surface area contributed by atoms with E-state index < -0.39 is 10.0 Å². The van der Waals surface area contributed by atoms with E-state index in [-0.39, 0.29) is 11.7 Å². The fraction of sp³-hybridized carbons (Fsp3) is 0.200. The second kappa shape index (κ2) is 6.58.